The van der Waals surface area contributed by atoms with Gasteiger partial charge in [0.15, 0.2) is 21.4 Å². The van der Waals surface area contributed by atoms with Crippen LogP contribution in [0.2, 0.25) is 0 Å². The third-order valence-electron chi connectivity index (χ3n) is 6.69. The Morgan fingerprint density at radius 2 is 1.74 bits per heavy atom. The minimum Gasteiger partial charge on any atom is -0.475 e. The number of carbonyl (C=O) groups is 2. The first kappa shape index (κ1) is 28.8. The predicted octanol–water partition coefficient (Wildman–Crippen LogP) is 3.80. The number of halogens is 1. The molecule has 2 atom stereocenters. The molecule has 0 N–H and O–H groups in total. The van der Waals surface area contributed by atoms with Crippen molar-refractivity contribution in [3.05, 3.63) is 59.9 Å². The number of benzene rings is 2. The second-order valence-corrected chi connectivity index (χ2v) is 12.9. The van der Waals surface area contributed by atoms with E-state index >= 15 is 0 Å². The zero-order valence-electron chi connectivity index (χ0n) is 22.6. The van der Waals surface area contributed by atoms with Crippen LogP contribution in [0, 0.1) is 5.82 Å². The average molecular weight is 563 g/mol. The number of hydrogen-bond acceptors (Lipinski definition) is 7. The Balaban J connectivity index is 1.48. The molecule has 4 rings (SSSR count). The molecule has 2 unspecified atom stereocenters. The Morgan fingerprint density at radius 1 is 1.08 bits per heavy atom. The average Bonchev–Trinajstić information content (AvgIpc) is 3.18. The first-order valence-corrected chi connectivity index (χ1v) is 14.8. The van der Waals surface area contributed by atoms with E-state index in [1.165, 1.54) is 12.1 Å². The minimum absolute atomic E-state index is 0.148. The lowest BCUT2D eigenvalue weighted by atomic mass is 10.0. The van der Waals surface area contributed by atoms with E-state index in [-0.39, 0.29) is 41.8 Å². The fraction of sp³-hybridized carbons (Fsp3) is 0.500. The van der Waals surface area contributed by atoms with Gasteiger partial charge in [0.2, 0.25) is 6.10 Å². The van der Waals surface area contributed by atoms with Crippen LogP contribution in [0.3, 0.4) is 0 Å². The van der Waals surface area contributed by atoms with E-state index in [1.807, 2.05) is 51.1 Å². The summed E-state index contributed by atoms with van der Waals surface area (Å²) in [7, 11) is -3.61. The Hall–Kier alpha value is -3.18. The molecule has 2 aromatic carbocycles. The smallest absolute Gasteiger partial charge is 0.410 e. The molecule has 2 fully saturated rings. The van der Waals surface area contributed by atoms with Crippen molar-refractivity contribution >= 4 is 21.8 Å². The van der Waals surface area contributed by atoms with Crippen LogP contribution in [0.5, 0.6) is 5.75 Å². The van der Waals surface area contributed by atoms with Crippen LogP contribution in [0.1, 0.15) is 39.2 Å². The van der Waals surface area contributed by atoms with Gasteiger partial charge in [-0.05, 0) is 57.4 Å². The van der Waals surface area contributed by atoms with Crippen LogP contribution in [-0.4, -0.2) is 80.0 Å². The first-order chi connectivity index (χ1) is 18.3. The third kappa shape index (κ3) is 7.27. The van der Waals surface area contributed by atoms with Crippen LogP contribution < -0.4 is 4.74 Å². The number of likely N-dealkylation sites (tertiary alicyclic amines) is 2. The number of amides is 2. The van der Waals surface area contributed by atoms with E-state index < -0.39 is 33.5 Å². The topological polar surface area (TPSA) is 102 Å². The highest BCUT2D eigenvalue weighted by Crippen LogP contribution is 2.30. The van der Waals surface area contributed by atoms with Crippen molar-refractivity contribution in [3.8, 4) is 5.75 Å². The van der Waals surface area contributed by atoms with Crippen molar-refractivity contribution in [2.24, 2.45) is 0 Å². The SMILES string of the molecule is CC(C)(C)OC(=O)N1CCC(N2CC(OCc3ccccc3)C(Oc3ccc(S(C)(=O)=O)cc3F)C2=O)CC1. The summed E-state index contributed by atoms with van der Waals surface area (Å²) in [6, 6.07) is 12.7. The van der Waals surface area contributed by atoms with Crippen molar-refractivity contribution in [1.29, 1.82) is 0 Å². The molecule has 2 saturated heterocycles. The standard InChI is InChI=1S/C28H35FN2O7S/c1-28(2,3)38-27(33)30-14-12-20(13-15-30)31-17-24(36-18-19-8-6-5-7-9-19)25(26(31)32)37-23-11-10-21(16-22(23)29)39(4,34)35/h5-11,16,20,24-25H,12-15,17-18H2,1-4H3. The monoisotopic (exact) mass is 562 g/mol. The van der Waals surface area contributed by atoms with Gasteiger partial charge in [-0.25, -0.2) is 17.6 Å². The normalized spacial score (nSPS) is 20.8. The molecule has 0 radical (unpaired) electrons. The van der Waals surface area contributed by atoms with Gasteiger partial charge in [-0.15, -0.1) is 0 Å². The molecule has 0 bridgehead atoms. The highest BCUT2D eigenvalue weighted by atomic mass is 32.2. The second-order valence-electron chi connectivity index (χ2n) is 10.9. The van der Waals surface area contributed by atoms with Gasteiger partial charge in [0, 0.05) is 25.4 Å². The largest absolute Gasteiger partial charge is 0.475 e. The van der Waals surface area contributed by atoms with Gasteiger partial charge in [0.25, 0.3) is 5.91 Å². The molecule has 2 aliphatic rings. The Bertz CT molecular complexity index is 1290. The molecular weight excluding hydrogens is 527 g/mol. The number of hydrogen-bond donors (Lipinski definition) is 0. The van der Waals surface area contributed by atoms with Crippen molar-refractivity contribution in [2.45, 2.75) is 69.0 Å². The highest BCUT2D eigenvalue weighted by molar-refractivity contribution is 7.90. The molecule has 0 spiro atoms. The summed E-state index contributed by atoms with van der Waals surface area (Å²) in [4.78, 5) is 29.2. The van der Waals surface area contributed by atoms with E-state index in [9.17, 15) is 22.4 Å². The molecule has 2 amide bonds. The number of nitrogens with zero attached hydrogens (tertiary/aromatic N) is 2. The summed E-state index contributed by atoms with van der Waals surface area (Å²) in [5.74, 6) is -1.44. The molecule has 11 heteroatoms. The number of carbonyl (C=O) groups excluding carboxylic acids is 2. The van der Waals surface area contributed by atoms with Crippen LogP contribution in [0.25, 0.3) is 0 Å². The fourth-order valence-corrected chi connectivity index (χ4v) is 5.34. The zero-order chi connectivity index (χ0) is 28.4. The molecule has 212 valence electrons. The maximum Gasteiger partial charge on any atom is 0.410 e. The third-order valence-corrected chi connectivity index (χ3v) is 7.80. The quantitative estimate of drug-likeness (QED) is 0.506. The lowest BCUT2D eigenvalue weighted by Gasteiger charge is -2.37. The molecule has 2 aliphatic heterocycles. The lowest BCUT2D eigenvalue weighted by Crippen LogP contribution is -2.49. The maximum absolute atomic E-state index is 14.8. The van der Waals surface area contributed by atoms with Gasteiger partial charge >= 0.3 is 6.09 Å². The maximum atomic E-state index is 14.8. The van der Waals surface area contributed by atoms with Crippen LogP contribution in [0.4, 0.5) is 9.18 Å². The lowest BCUT2D eigenvalue weighted by molar-refractivity contribution is -0.137. The van der Waals surface area contributed by atoms with Crippen molar-refractivity contribution < 1.29 is 36.6 Å². The Kier molecular flexibility index (Phi) is 8.51. The summed E-state index contributed by atoms with van der Waals surface area (Å²) in [6.07, 6.45) is -0.0812. The molecule has 0 saturated carbocycles. The van der Waals surface area contributed by atoms with Crippen molar-refractivity contribution in [2.75, 3.05) is 25.9 Å². The molecular formula is C28H35FN2O7S. The highest BCUT2D eigenvalue weighted by Gasteiger charge is 2.47. The van der Waals surface area contributed by atoms with Crippen LogP contribution >= 0.6 is 0 Å². The minimum atomic E-state index is -3.61. The van der Waals surface area contributed by atoms with Crippen molar-refractivity contribution in [3.63, 3.8) is 0 Å². The molecule has 39 heavy (non-hydrogen) atoms. The van der Waals surface area contributed by atoms with E-state index in [1.54, 1.807) is 9.80 Å². The Morgan fingerprint density at radius 3 is 2.33 bits per heavy atom. The van der Waals surface area contributed by atoms with Gasteiger partial charge in [0.1, 0.15) is 11.7 Å². The van der Waals surface area contributed by atoms with E-state index in [0.717, 1.165) is 17.9 Å². The molecule has 0 aromatic heterocycles. The zero-order valence-corrected chi connectivity index (χ0v) is 23.4. The van der Waals surface area contributed by atoms with Gasteiger partial charge in [-0.3, -0.25) is 4.79 Å². The van der Waals surface area contributed by atoms with Crippen molar-refractivity contribution in [1.82, 2.24) is 9.80 Å². The number of sulfone groups is 1. The number of piperidine rings is 1. The summed E-state index contributed by atoms with van der Waals surface area (Å²) in [6.45, 7) is 6.79. The summed E-state index contributed by atoms with van der Waals surface area (Å²) in [5, 5.41) is 0. The number of rotatable bonds is 7. The summed E-state index contributed by atoms with van der Waals surface area (Å²) >= 11 is 0. The second kappa shape index (κ2) is 11.5. The first-order valence-electron chi connectivity index (χ1n) is 12.9. The Labute approximate surface area is 228 Å². The molecule has 2 heterocycles. The fourth-order valence-electron chi connectivity index (χ4n) is 4.71. The van der Waals surface area contributed by atoms with Gasteiger partial charge in [0.05, 0.1) is 18.0 Å². The molecule has 2 aromatic rings. The van der Waals surface area contributed by atoms with Gasteiger partial charge in [-0.1, -0.05) is 30.3 Å². The van der Waals surface area contributed by atoms with Crippen LogP contribution in [-0.2, 0) is 30.7 Å². The van der Waals surface area contributed by atoms with Gasteiger partial charge in [-0.2, -0.15) is 0 Å². The van der Waals surface area contributed by atoms with E-state index in [4.69, 9.17) is 14.2 Å². The summed E-state index contributed by atoms with van der Waals surface area (Å²) in [5.41, 5.74) is 0.318. The van der Waals surface area contributed by atoms with E-state index in [0.29, 0.717) is 25.9 Å². The molecule has 0 aliphatic carbocycles. The van der Waals surface area contributed by atoms with E-state index in [2.05, 4.69) is 0 Å². The predicted molar refractivity (Wildman–Crippen MR) is 141 cm³/mol. The summed E-state index contributed by atoms with van der Waals surface area (Å²) < 4.78 is 55.8. The van der Waals surface area contributed by atoms with Crippen LogP contribution in [0.15, 0.2) is 53.4 Å². The number of ether oxygens (including phenoxy) is 3. The van der Waals surface area contributed by atoms with Gasteiger partial charge < -0.3 is 24.0 Å². The molecule has 9 nitrogen and oxygen atoms in total.